The van der Waals surface area contributed by atoms with Crippen LogP contribution >= 0.6 is 0 Å². The Balaban J connectivity index is 2.66. The van der Waals surface area contributed by atoms with Crippen molar-refractivity contribution >= 4 is 25.7 Å². The van der Waals surface area contributed by atoms with Gasteiger partial charge < -0.3 is 5.73 Å². The lowest BCUT2D eigenvalue weighted by Crippen LogP contribution is -2.29. The molecule has 0 heterocycles. The fourth-order valence-corrected chi connectivity index (χ4v) is 3.10. The molecule has 120 valence electrons. The molecule has 1 rings (SSSR count). The predicted molar refractivity (Wildman–Crippen MR) is 78.2 cm³/mol. The molecule has 1 aromatic rings. The van der Waals surface area contributed by atoms with Crippen LogP contribution in [0.15, 0.2) is 17.0 Å². The van der Waals surface area contributed by atoms with E-state index in [1.54, 1.807) is 0 Å². The molecule has 7 nitrogen and oxygen atoms in total. The molecule has 0 aliphatic heterocycles. The Labute approximate surface area is 123 Å². The van der Waals surface area contributed by atoms with Crippen LogP contribution in [0.2, 0.25) is 0 Å². The van der Waals surface area contributed by atoms with Gasteiger partial charge in [-0.2, -0.15) is 0 Å². The van der Waals surface area contributed by atoms with Crippen LogP contribution in [0, 0.1) is 12.7 Å². The highest BCUT2D eigenvalue weighted by Gasteiger charge is 2.16. The molecule has 0 spiro atoms. The molecule has 0 aliphatic carbocycles. The molecule has 0 fully saturated rings. The summed E-state index contributed by atoms with van der Waals surface area (Å²) in [6, 6.07) is 2.07. The molecule has 0 aliphatic rings. The minimum atomic E-state index is -3.89. The van der Waals surface area contributed by atoms with Gasteiger partial charge >= 0.3 is 0 Å². The van der Waals surface area contributed by atoms with E-state index in [2.05, 4.69) is 9.44 Å². The van der Waals surface area contributed by atoms with Crippen molar-refractivity contribution < 1.29 is 21.2 Å². The third-order valence-corrected chi connectivity index (χ3v) is 4.85. The maximum Gasteiger partial charge on any atom is 0.240 e. The zero-order valence-electron chi connectivity index (χ0n) is 11.7. The van der Waals surface area contributed by atoms with Crippen molar-refractivity contribution in [2.45, 2.75) is 18.2 Å². The summed E-state index contributed by atoms with van der Waals surface area (Å²) in [5, 5.41) is 0. The first-order valence-corrected chi connectivity index (χ1v) is 9.40. The molecule has 0 atom stereocenters. The number of benzene rings is 1. The first kappa shape index (κ1) is 17.8. The monoisotopic (exact) mass is 339 g/mol. The van der Waals surface area contributed by atoms with E-state index >= 15 is 0 Å². The van der Waals surface area contributed by atoms with Crippen LogP contribution in [0.1, 0.15) is 12.0 Å². The average Bonchev–Trinajstić information content (AvgIpc) is 2.33. The predicted octanol–water partition coefficient (Wildman–Crippen LogP) is -0.0661. The standard InChI is InChI=1S/C11H18FN3O4S2/c1-8-10(12)6-9(7-11(8)13)21(18,19)15-5-3-4-14-20(2,16)17/h6-7,14-15H,3-5,13H2,1-2H3. The summed E-state index contributed by atoms with van der Waals surface area (Å²) in [4.78, 5) is -0.265. The lowest BCUT2D eigenvalue weighted by molar-refractivity contribution is 0.571. The third-order valence-electron chi connectivity index (χ3n) is 2.68. The summed E-state index contributed by atoms with van der Waals surface area (Å²) in [6.07, 6.45) is 1.27. The molecule has 4 N–H and O–H groups in total. The lowest BCUT2D eigenvalue weighted by Gasteiger charge is -2.09. The molecule has 0 bridgehead atoms. The molecule has 0 radical (unpaired) electrons. The Hall–Kier alpha value is -1.23. The van der Waals surface area contributed by atoms with Crippen LogP contribution in [0.4, 0.5) is 10.1 Å². The Morgan fingerprint density at radius 1 is 1.14 bits per heavy atom. The van der Waals surface area contributed by atoms with Crippen molar-refractivity contribution in [2.75, 3.05) is 25.1 Å². The van der Waals surface area contributed by atoms with Gasteiger partial charge in [0.15, 0.2) is 0 Å². The van der Waals surface area contributed by atoms with Gasteiger partial charge in [0.2, 0.25) is 20.0 Å². The van der Waals surface area contributed by atoms with Crippen molar-refractivity contribution in [2.24, 2.45) is 0 Å². The first-order valence-electron chi connectivity index (χ1n) is 6.03. The van der Waals surface area contributed by atoms with Gasteiger partial charge in [-0.1, -0.05) is 0 Å². The maximum atomic E-state index is 13.5. The van der Waals surface area contributed by atoms with Gasteiger partial charge in [0.1, 0.15) is 5.82 Å². The quantitative estimate of drug-likeness (QED) is 0.475. The first-order chi connectivity index (χ1) is 9.53. The Morgan fingerprint density at radius 3 is 2.24 bits per heavy atom. The zero-order chi connectivity index (χ0) is 16.3. The number of hydrogen-bond donors (Lipinski definition) is 3. The second kappa shape index (κ2) is 6.69. The SMILES string of the molecule is Cc1c(N)cc(S(=O)(=O)NCCCNS(C)(=O)=O)cc1F. The third kappa shape index (κ3) is 5.58. The average molecular weight is 339 g/mol. The second-order valence-electron chi connectivity index (χ2n) is 4.54. The van der Waals surface area contributed by atoms with Gasteiger partial charge in [0.05, 0.1) is 11.2 Å². The fraction of sp³-hybridized carbons (Fsp3) is 0.455. The number of sulfonamides is 2. The van der Waals surface area contributed by atoms with E-state index in [1.165, 1.54) is 13.0 Å². The number of hydrogen-bond acceptors (Lipinski definition) is 5. The van der Waals surface area contributed by atoms with Gasteiger partial charge in [-0.25, -0.2) is 30.7 Å². The van der Waals surface area contributed by atoms with E-state index in [1.807, 2.05) is 0 Å². The number of nitrogen functional groups attached to an aromatic ring is 1. The number of rotatable bonds is 7. The van der Waals surface area contributed by atoms with Gasteiger partial charge in [-0.05, 0) is 25.5 Å². The lowest BCUT2D eigenvalue weighted by atomic mass is 10.2. The van der Waals surface area contributed by atoms with Crippen LogP contribution in [-0.2, 0) is 20.0 Å². The van der Waals surface area contributed by atoms with Crippen LogP contribution in [0.5, 0.6) is 0 Å². The molecule has 1 aromatic carbocycles. The topological polar surface area (TPSA) is 118 Å². The Kier molecular flexibility index (Phi) is 5.68. The van der Waals surface area contributed by atoms with Crippen LogP contribution in [-0.4, -0.2) is 36.2 Å². The van der Waals surface area contributed by atoms with Gasteiger partial charge in [-0.3, -0.25) is 0 Å². The minimum Gasteiger partial charge on any atom is -0.398 e. The molecule has 0 saturated carbocycles. The fourth-order valence-electron chi connectivity index (χ4n) is 1.47. The highest BCUT2D eigenvalue weighted by atomic mass is 32.2. The van der Waals surface area contributed by atoms with Crippen molar-refractivity contribution in [3.8, 4) is 0 Å². The van der Waals surface area contributed by atoms with Crippen LogP contribution in [0.3, 0.4) is 0 Å². The molecule has 0 aromatic heterocycles. The van der Waals surface area contributed by atoms with Gasteiger partial charge in [-0.15, -0.1) is 0 Å². The smallest absolute Gasteiger partial charge is 0.240 e. The van der Waals surface area contributed by atoms with Gasteiger partial charge in [0.25, 0.3) is 0 Å². The molecule has 0 saturated heterocycles. The van der Waals surface area contributed by atoms with E-state index in [0.717, 1.165) is 12.3 Å². The summed E-state index contributed by atoms with van der Waals surface area (Å²) in [5.41, 5.74) is 5.77. The summed E-state index contributed by atoms with van der Waals surface area (Å²) < 4.78 is 63.5. The van der Waals surface area contributed by atoms with Crippen molar-refractivity contribution in [1.29, 1.82) is 0 Å². The Morgan fingerprint density at radius 2 is 1.71 bits per heavy atom. The molecule has 0 unspecified atom stereocenters. The number of halogens is 1. The molecule has 21 heavy (non-hydrogen) atoms. The van der Waals surface area contributed by atoms with Crippen molar-refractivity contribution in [1.82, 2.24) is 9.44 Å². The largest absolute Gasteiger partial charge is 0.398 e. The van der Waals surface area contributed by atoms with Crippen LogP contribution < -0.4 is 15.2 Å². The van der Waals surface area contributed by atoms with E-state index in [-0.39, 0.29) is 35.7 Å². The highest BCUT2D eigenvalue weighted by molar-refractivity contribution is 7.89. The Bertz CT molecular complexity index is 694. The van der Waals surface area contributed by atoms with Gasteiger partial charge in [0, 0.05) is 24.3 Å². The molecule has 0 amide bonds. The second-order valence-corrected chi connectivity index (χ2v) is 8.14. The summed E-state index contributed by atoms with van der Waals surface area (Å²) >= 11 is 0. The van der Waals surface area contributed by atoms with E-state index < -0.39 is 25.9 Å². The number of nitrogens with one attached hydrogen (secondary N) is 2. The van der Waals surface area contributed by atoms with E-state index in [9.17, 15) is 21.2 Å². The van der Waals surface area contributed by atoms with Crippen molar-refractivity contribution in [3.63, 3.8) is 0 Å². The maximum absolute atomic E-state index is 13.5. The van der Waals surface area contributed by atoms with E-state index in [4.69, 9.17) is 5.73 Å². The zero-order valence-corrected chi connectivity index (χ0v) is 13.3. The molecule has 10 heteroatoms. The number of anilines is 1. The minimum absolute atomic E-state index is 0.0141. The molecular weight excluding hydrogens is 321 g/mol. The molecular formula is C11H18FN3O4S2. The summed E-state index contributed by atoms with van der Waals surface area (Å²) in [7, 11) is -7.19. The van der Waals surface area contributed by atoms with Crippen molar-refractivity contribution in [3.05, 3.63) is 23.5 Å². The number of nitrogens with two attached hydrogens (primary N) is 1. The summed E-state index contributed by atoms with van der Waals surface area (Å²) in [6.45, 7) is 1.57. The van der Waals surface area contributed by atoms with E-state index in [0.29, 0.717) is 0 Å². The highest BCUT2D eigenvalue weighted by Crippen LogP contribution is 2.20. The summed E-state index contributed by atoms with van der Waals surface area (Å²) in [5.74, 6) is -0.700. The van der Waals surface area contributed by atoms with Crippen LogP contribution in [0.25, 0.3) is 0 Å². The normalized spacial score (nSPS) is 12.5.